The molecule has 3 rings (SSSR count). The van der Waals surface area contributed by atoms with Crippen LogP contribution in [0.4, 0.5) is 0 Å². The molecule has 0 amide bonds. The molecule has 3 aromatic rings. The molecular weight excluding hydrogens is 366 g/mol. The topological polar surface area (TPSA) is 81.3 Å². The Morgan fingerprint density at radius 2 is 2.00 bits per heavy atom. The molecule has 0 atom stereocenters. The van der Waals surface area contributed by atoms with Crippen LogP contribution in [0, 0.1) is 4.77 Å². The first-order chi connectivity index (χ1) is 13.2. The van der Waals surface area contributed by atoms with Crippen molar-refractivity contribution in [2.45, 2.75) is 19.9 Å². The second-order valence-corrected chi connectivity index (χ2v) is 6.40. The van der Waals surface area contributed by atoms with Crippen molar-refractivity contribution >= 4 is 23.3 Å². The van der Waals surface area contributed by atoms with E-state index in [2.05, 4.69) is 16.9 Å². The first-order valence-electron chi connectivity index (χ1n) is 8.82. The lowest BCUT2D eigenvalue weighted by Crippen LogP contribution is -2.15. The van der Waals surface area contributed by atoms with Crippen LogP contribution >= 0.6 is 12.2 Å². The fraction of sp³-hybridized carbons (Fsp3) is 0.368. The van der Waals surface area contributed by atoms with Gasteiger partial charge in [0, 0.05) is 18.9 Å². The van der Waals surface area contributed by atoms with E-state index in [1.807, 2.05) is 28.8 Å². The maximum absolute atomic E-state index is 12.1. The van der Waals surface area contributed by atoms with E-state index in [1.54, 1.807) is 13.3 Å². The predicted molar refractivity (Wildman–Crippen MR) is 106 cm³/mol. The SMILES string of the molecule is CCCOc1cccc(Cn2c(=S)[nH]c(=O)c3[nH]ccc32)c1OCCOC. The van der Waals surface area contributed by atoms with Crippen LogP contribution in [0.15, 0.2) is 35.3 Å². The molecule has 7 nitrogen and oxygen atoms in total. The van der Waals surface area contributed by atoms with Gasteiger partial charge in [0.15, 0.2) is 16.3 Å². The summed E-state index contributed by atoms with van der Waals surface area (Å²) in [6, 6.07) is 7.61. The molecule has 0 aliphatic heterocycles. The van der Waals surface area contributed by atoms with Crippen molar-refractivity contribution in [3.63, 3.8) is 0 Å². The van der Waals surface area contributed by atoms with Gasteiger partial charge in [0.05, 0.1) is 25.3 Å². The van der Waals surface area contributed by atoms with Crippen LogP contribution in [0.25, 0.3) is 11.0 Å². The van der Waals surface area contributed by atoms with Crippen LogP contribution in [0.5, 0.6) is 11.5 Å². The molecule has 0 unspecified atom stereocenters. The van der Waals surface area contributed by atoms with E-state index in [9.17, 15) is 4.79 Å². The van der Waals surface area contributed by atoms with E-state index in [4.69, 9.17) is 26.4 Å². The van der Waals surface area contributed by atoms with E-state index in [-0.39, 0.29) is 5.56 Å². The Kier molecular flexibility index (Phi) is 6.31. The quantitative estimate of drug-likeness (QED) is 0.434. The molecule has 0 fully saturated rings. The molecule has 2 aromatic heterocycles. The van der Waals surface area contributed by atoms with Gasteiger partial charge in [-0.05, 0) is 30.8 Å². The van der Waals surface area contributed by atoms with Crippen molar-refractivity contribution < 1.29 is 14.2 Å². The summed E-state index contributed by atoms with van der Waals surface area (Å²) < 4.78 is 19.1. The third kappa shape index (κ3) is 4.23. The van der Waals surface area contributed by atoms with Crippen LogP contribution in [0.2, 0.25) is 0 Å². The maximum Gasteiger partial charge on any atom is 0.276 e. The van der Waals surface area contributed by atoms with E-state index in [1.165, 1.54) is 0 Å². The van der Waals surface area contributed by atoms with Gasteiger partial charge in [-0.3, -0.25) is 9.78 Å². The average Bonchev–Trinajstić information content (AvgIpc) is 3.15. The Hall–Kier alpha value is -2.58. The highest BCUT2D eigenvalue weighted by atomic mass is 32.1. The predicted octanol–water partition coefficient (Wildman–Crippen LogP) is 3.25. The van der Waals surface area contributed by atoms with Gasteiger partial charge in [-0.15, -0.1) is 0 Å². The van der Waals surface area contributed by atoms with Gasteiger partial charge >= 0.3 is 0 Å². The fourth-order valence-electron chi connectivity index (χ4n) is 2.83. The number of hydrogen-bond acceptors (Lipinski definition) is 5. The van der Waals surface area contributed by atoms with Crippen molar-refractivity contribution in [3.05, 3.63) is 51.2 Å². The summed E-state index contributed by atoms with van der Waals surface area (Å²) in [6.07, 6.45) is 2.62. The first-order valence-corrected chi connectivity index (χ1v) is 9.23. The van der Waals surface area contributed by atoms with Crippen LogP contribution in [0.1, 0.15) is 18.9 Å². The molecule has 0 aliphatic rings. The summed E-state index contributed by atoms with van der Waals surface area (Å²) in [7, 11) is 1.63. The molecule has 0 aliphatic carbocycles. The number of nitrogens with one attached hydrogen (secondary N) is 2. The van der Waals surface area contributed by atoms with E-state index in [0.29, 0.717) is 48.2 Å². The molecule has 0 bridgehead atoms. The third-order valence-corrected chi connectivity index (χ3v) is 4.42. The van der Waals surface area contributed by atoms with Gasteiger partial charge < -0.3 is 23.8 Å². The molecule has 8 heteroatoms. The second-order valence-electron chi connectivity index (χ2n) is 6.02. The number of H-pyrrole nitrogens is 2. The van der Waals surface area contributed by atoms with Gasteiger partial charge in [0.25, 0.3) is 5.56 Å². The standard InChI is InChI=1S/C19H23N3O4S/c1-3-9-25-15-6-4-5-13(17(15)26-11-10-24-2)12-22-14-7-8-20-16(14)18(23)21-19(22)27/h4-8,20H,3,9-12H2,1-2H3,(H,21,23,27). The highest BCUT2D eigenvalue weighted by Gasteiger charge is 2.14. The number of rotatable bonds is 9. The number of methoxy groups -OCH3 is 1. The summed E-state index contributed by atoms with van der Waals surface area (Å²) >= 11 is 5.39. The maximum atomic E-state index is 12.1. The number of fused-ring (bicyclic) bond motifs is 1. The van der Waals surface area contributed by atoms with Gasteiger partial charge in [0.1, 0.15) is 12.1 Å². The number of aromatic nitrogens is 3. The van der Waals surface area contributed by atoms with Gasteiger partial charge in [-0.2, -0.15) is 0 Å². The fourth-order valence-corrected chi connectivity index (χ4v) is 3.09. The lowest BCUT2D eigenvalue weighted by Gasteiger charge is -2.17. The van der Waals surface area contributed by atoms with Gasteiger partial charge in [-0.1, -0.05) is 19.1 Å². The Labute approximate surface area is 161 Å². The third-order valence-electron chi connectivity index (χ3n) is 4.09. The molecule has 0 spiro atoms. The molecule has 0 saturated heterocycles. The minimum atomic E-state index is -0.229. The Morgan fingerprint density at radius 3 is 2.78 bits per heavy atom. The zero-order chi connectivity index (χ0) is 19.2. The number of benzene rings is 1. The highest BCUT2D eigenvalue weighted by Crippen LogP contribution is 2.32. The number of para-hydroxylation sites is 1. The van der Waals surface area contributed by atoms with Crippen LogP contribution in [-0.4, -0.2) is 41.5 Å². The average molecular weight is 389 g/mol. The monoisotopic (exact) mass is 389 g/mol. The lowest BCUT2D eigenvalue weighted by atomic mass is 10.1. The summed E-state index contributed by atoms with van der Waals surface area (Å²) in [5.41, 5.74) is 1.91. The number of hydrogen-bond donors (Lipinski definition) is 2. The zero-order valence-electron chi connectivity index (χ0n) is 15.4. The van der Waals surface area contributed by atoms with E-state index >= 15 is 0 Å². The summed E-state index contributed by atoms with van der Waals surface area (Å²) in [5, 5.41) is 0. The van der Waals surface area contributed by atoms with Crippen molar-refractivity contribution in [3.8, 4) is 11.5 Å². The van der Waals surface area contributed by atoms with Crippen molar-refractivity contribution in [1.82, 2.24) is 14.5 Å². The molecule has 2 heterocycles. The Morgan fingerprint density at radius 1 is 1.15 bits per heavy atom. The Bertz CT molecular complexity index is 1020. The number of nitrogens with zero attached hydrogens (tertiary/aromatic N) is 1. The van der Waals surface area contributed by atoms with E-state index in [0.717, 1.165) is 17.5 Å². The van der Waals surface area contributed by atoms with Gasteiger partial charge in [0.2, 0.25) is 0 Å². The summed E-state index contributed by atoms with van der Waals surface area (Å²) in [6.45, 7) is 3.98. The van der Waals surface area contributed by atoms with Gasteiger partial charge in [-0.25, -0.2) is 0 Å². The smallest absolute Gasteiger partial charge is 0.276 e. The Balaban J connectivity index is 2.02. The number of aromatic amines is 2. The molecule has 0 saturated carbocycles. The molecule has 0 radical (unpaired) electrons. The summed E-state index contributed by atoms with van der Waals surface area (Å²) in [5.74, 6) is 1.35. The second kappa shape index (κ2) is 8.88. The lowest BCUT2D eigenvalue weighted by molar-refractivity contribution is 0.142. The van der Waals surface area contributed by atoms with Crippen molar-refractivity contribution in [1.29, 1.82) is 0 Å². The zero-order valence-corrected chi connectivity index (χ0v) is 16.2. The van der Waals surface area contributed by atoms with Crippen molar-refractivity contribution in [2.24, 2.45) is 0 Å². The van der Waals surface area contributed by atoms with Crippen molar-refractivity contribution in [2.75, 3.05) is 26.9 Å². The molecule has 1 aromatic carbocycles. The number of ether oxygens (including phenoxy) is 3. The minimum Gasteiger partial charge on any atom is -0.490 e. The van der Waals surface area contributed by atoms with Crippen LogP contribution < -0.4 is 15.0 Å². The summed E-state index contributed by atoms with van der Waals surface area (Å²) in [4.78, 5) is 17.7. The molecule has 2 N–H and O–H groups in total. The minimum absolute atomic E-state index is 0.229. The highest BCUT2D eigenvalue weighted by molar-refractivity contribution is 7.71. The molecular formula is C19H23N3O4S. The molecule has 27 heavy (non-hydrogen) atoms. The first kappa shape index (κ1) is 19.2. The largest absolute Gasteiger partial charge is 0.490 e. The molecule has 144 valence electrons. The van der Waals surface area contributed by atoms with E-state index < -0.39 is 0 Å². The van der Waals surface area contributed by atoms with Crippen LogP contribution in [-0.2, 0) is 11.3 Å². The normalized spacial score (nSPS) is 11.0. The van der Waals surface area contributed by atoms with Crippen LogP contribution in [0.3, 0.4) is 0 Å².